The lowest BCUT2D eigenvalue weighted by Crippen LogP contribution is -2.34. The van der Waals surface area contributed by atoms with Crippen LogP contribution in [0.4, 0.5) is 0 Å². The van der Waals surface area contributed by atoms with Crippen LogP contribution < -0.4 is 11.2 Å². The zero-order valence-corrected chi connectivity index (χ0v) is 10.4. The van der Waals surface area contributed by atoms with Gasteiger partial charge in [0.15, 0.2) is 0 Å². The van der Waals surface area contributed by atoms with E-state index >= 15 is 0 Å². The Morgan fingerprint density at radius 3 is 2.84 bits per heavy atom. The van der Waals surface area contributed by atoms with Crippen molar-refractivity contribution in [3.05, 3.63) is 32.6 Å². The third-order valence-electron chi connectivity index (χ3n) is 3.10. The van der Waals surface area contributed by atoms with E-state index in [-0.39, 0.29) is 18.7 Å². The number of nitrogens with one attached hydrogen (secondary N) is 1. The van der Waals surface area contributed by atoms with Gasteiger partial charge in [-0.1, -0.05) is 12.1 Å². The Morgan fingerprint density at radius 1 is 1.58 bits per heavy atom. The summed E-state index contributed by atoms with van der Waals surface area (Å²) >= 11 is 0. The second-order valence-corrected chi connectivity index (χ2v) is 4.23. The smallest absolute Gasteiger partial charge is 0.330 e. The molecule has 0 saturated carbocycles. The van der Waals surface area contributed by atoms with Crippen LogP contribution >= 0.6 is 0 Å². The van der Waals surface area contributed by atoms with Gasteiger partial charge in [0.2, 0.25) is 0 Å². The van der Waals surface area contributed by atoms with E-state index < -0.39 is 23.6 Å². The van der Waals surface area contributed by atoms with Crippen molar-refractivity contribution in [1.29, 1.82) is 0 Å². The molecule has 8 nitrogen and oxygen atoms in total. The standard InChI is InChI=1S/C11H15N3O5/c1-2-6-4-14(11(17)12-10(6)16)9-3-7(13-18)8(5-15)19-9/h4,8-9,15,18H,2-3,5H2,1H3,(H,12,16,17)/b13-7-. The normalized spacial score (nSPS) is 25.1. The summed E-state index contributed by atoms with van der Waals surface area (Å²) in [7, 11) is 0. The van der Waals surface area contributed by atoms with Gasteiger partial charge in [-0.3, -0.25) is 14.3 Å². The van der Waals surface area contributed by atoms with Crippen molar-refractivity contribution in [2.75, 3.05) is 6.61 Å². The molecule has 19 heavy (non-hydrogen) atoms. The van der Waals surface area contributed by atoms with Crippen molar-refractivity contribution in [2.45, 2.75) is 32.1 Å². The number of oxime groups is 1. The monoisotopic (exact) mass is 269 g/mol. The fourth-order valence-corrected chi connectivity index (χ4v) is 2.04. The van der Waals surface area contributed by atoms with E-state index in [0.717, 1.165) is 0 Å². The number of ether oxygens (including phenoxy) is 1. The first kappa shape index (κ1) is 13.5. The molecule has 3 N–H and O–H groups in total. The molecule has 104 valence electrons. The first-order chi connectivity index (χ1) is 9.10. The molecule has 1 aromatic heterocycles. The number of aliphatic hydroxyl groups excluding tert-OH is 1. The molecule has 0 radical (unpaired) electrons. The highest BCUT2D eigenvalue weighted by Crippen LogP contribution is 2.24. The van der Waals surface area contributed by atoms with E-state index in [1.165, 1.54) is 10.8 Å². The summed E-state index contributed by atoms with van der Waals surface area (Å²) in [6, 6.07) is 0. The number of H-pyrrole nitrogens is 1. The molecular weight excluding hydrogens is 254 g/mol. The van der Waals surface area contributed by atoms with Gasteiger partial charge in [0.05, 0.1) is 12.3 Å². The number of aryl methyl sites for hydroxylation is 1. The minimum absolute atomic E-state index is 0.177. The lowest BCUT2D eigenvalue weighted by Gasteiger charge is -2.14. The molecule has 8 heteroatoms. The SMILES string of the molecule is CCc1cn(C2C/C(=N/O)C(CO)O2)c(=O)[nH]c1=O. The Labute approximate surface area is 108 Å². The zero-order valence-electron chi connectivity index (χ0n) is 10.4. The maximum absolute atomic E-state index is 11.7. The average molecular weight is 269 g/mol. The molecule has 0 bridgehead atoms. The van der Waals surface area contributed by atoms with Crippen LogP contribution in [-0.2, 0) is 11.2 Å². The maximum Gasteiger partial charge on any atom is 0.330 e. The van der Waals surface area contributed by atoms with Crippen LogP contribution in [-0.4, -0.2) is 38.3 Å². The molecule has 2 atom stereocenters. The van der Waals surface area contributed by atoms with Gasteiger partial charge in [-0.05, 0) is 6.42 Å². The van der Waals surface area contributed by atoms with Crippen LogP contribution in [0.5, 0.6) is 0 Å². The van der Waals surface area contributed by atoms with Crippen molar-refractivity contribution < 1.29 is 15.1 Å². The molecular formula is C11H15N3O5. The summed E-state index contributed by atoms with van der Waals surface area (Å²) < 4.78 is 6.66. The highest BCUT2D eigenvalue weighted by Gasteiger charge is 2.33. The van der Waals surface area contributed by atoms with Gasteiger partial charge in [0, 0.05) is 18.2 Å². The number of nitrogens with zero attached hydrogens (tertiary/aromatic N) is 2. The van der Waals surface area contributed by atoms with Crippen LogP contribution in [0.3, 0.4) is 0 Å². The third-order valence-corrected chi connectivity index (χ3v) is 3.10. The minimum Gasteiger partial charge on any atom is -0.411 e. The number of aliphatic hydroxyl groups is 1. The van der Waals surface area contributed by atoms with Gasteiger partial charge in [0.25, 0.3) is 5.56 Å². The fourth-order valence-electron chi connectivity index (χ4n) is 2.04. The van der Waals surface area contributed by atoms with E-state index in [2.05, 4.69) is 10.1 Å². The average Bonchev–Trinajstić information content (AvgIpc) is 2.82. The Bertz CT molecular complexity index is 603. The van der Waals surface area contributed by atoms with Crippen molar-refractivity contribution in [1.82, 2.24) is 9.55 Å². The number of hydrogen-bond acceptors (Lipinski definition) is 6. The lowest BCUT2D eigenvalue weighted by atomic mass is 10.2. The molecule has 0 aromatic carbocycles. The fraction of sp³-hybridized carbons (Fsp3) is 0.545. The molecule has 0 amide bonds. The highest BCUT2D eigenvalue weighted by molar-refractivity contribution is 5.90. The van der Waals surface area contributed by atoms with Gasteiger partial charge in [-0.2, -0.15) is 0 Å². The number of aromatic nitrogens is 2. The predicted molar refractivity (Wildman–Crippen MR) is 65.5 cm³/mol. The lowest BCUT2D eigenvalue weighted by molar-refractivity contribution is -0.0153. The van der Waals surface area contributed by atoms with Crippen molar-refractivity contribution in [3.63, 3.8) is 0 Å². The third kappa shape index (κ3) is 2.45. The topological polar surface area (TPSA) is 117 Å². The summed E-state index contributed by atoms with van der Waals surface area (Å²) in [4.78, 5) is 25.4. The Kier molecular flexibility index (Phi) is 3.82. The molecule has 1 aliphatic heterocycles. The number of aromatic amines is 1. The molecule has 2 rings (SSSR count). The van der Waals surface area contributed by atoms with Gasteiger partial charge in [-0.25, -0.2) is 4.79 Å². The van der Waals surface area contributed by atoms with Gasteiger partial charge < -0.3 is 15.1 Å². The van der Waals surface area contributed by atoms with Gasteiger partial charge >= 0.3 is 5.69 Å². The van der Waals surface area contributed by atoms with E-state index in [4.69, 9.17) is 15.1 Å². The van der Waals surface area contributed by atoms with Crippen LogP contribution in [0.1, 0.15) is 25.1 Å². The highest BCUT2D eigenvalue weighted by atomic mass is 16.5. The predicted octanol–water partition coefficient (Wildman–Crippen LogP) is -0.791. The van der Waals surface area contributed by atoms with Crippen LogP contribution in [0.2, 0.25) is 0 Å². The molecule has 0 aliphatic carbocycles. The largest absolute Gasteiger partial charge is 0.411 e. The van der Waals surface area contributed by atoms with E-state index in [0.29, 0.717) is 12.0 Å². The van der Waals surface area contributed by atoms with Crippen LogP contribution in [0.25, 0.3) is 0 Å². The van der Waals surface area contributed by atoms with Crippen molar-refractivity contribution in [2.24, 2.45) is 5.16 Å². The van der Waals surface area contributed by atoms with Crippen LogP contribution in [0, 0.1) is 0 Å². The molecule has 1 aliphatic rings. The van der Waals surface area contributed by atoms with E-state index in [1.54, 1.807) is 6.92 Å². The first-order valence-corrected chi connectivity index (χ1v) is 5.92. The quantitative estimate of drug-likeness (QED) is 0.491. The zero-order chi connectivity index (χ0) is 14.0. The van der Waals surface area contributed by atoms with Crippen LogP contribution in [0.15, 0.2) is 20.9 Å². The molecule has 1 saturated heterocycles. The Morgan fingerprint density at radius 2 is 2.32 bits per heavy atom. The Balaban J connectivity index is 2.39. The molecule has 2 heterocycles. The second-order valence-electron chi connectivity index (χ2n) is 4.23. The molecule has 1 fully saturated rings. The molecule has 2 unspecified atom stereocenters. The first-order valence-electron chi connectivity index (χ1n) is 5.92. The summed E-state index contributed by atoms with van der Waals surface area (Å²) in [5.41, 5.74) is -0.290. The van der Waals surface area contributed by atoms with Gasteiger partial charge in [0.1, 0.15) is 12.3 Å². The summed E-state index contributed by atoms with van der Waals surface area (Å²) in [5, 5.41) is 20.9. The molecule has 1 aromatic rings. The summed E-state index contributed by atoms with van der Waals surface area (Å²) in [6.07, 6.45) is 0.654. The number of hydrogen-bond donors (Lipinski definition) is 3. The van der Waals surface area contributed by atoms with E-state index in [9.17, 15) is 9.59 Å². The van der Waals surface area contributed by atoms with Crippen molar-refractivity contribution >= 4 is 5.71 Å². The van der Waals surface area contributed by atoms with E-state index in [1.807, 2.05) is 0 Å². The van der Waals surface area contributed by atoms with Gasteiger partial charge in [-0.15, -0.1) is 0 Å². The Hall–Kier alpha value is -1.93. The van der Waals surface area contributed by atoms with Crippen molar-refractivity contribution in [3.8, 4) is 0 Å². The number of rotatable bonds is 3. The summed E-state index contributed by atoms with van der Waals surface area (Å²) in [5.74, 6) is 0. The second kappa shape index (κ2) is 5.37. The molecule has 0 spiro atoms. The summed E-state index contributed by atoms with van der Waals surface area (Å²) in [6.45, 7) is 1.46. The minimum atomic E-state index is -0.737. The maximum atomic E-state index is 11.7.